The standard InChI is InChI=1S/C18H25NOS/c1-5-8-19-11-18-10-16(15(4)21-18)12-20-17-7-6-13(2)14(3)9-17/h6-7,9-10,19H,5,8,11-12H2,1-4H3. The van der Waals surface area contributed by atoms with Gasteiger partial charge in [-0.3, -0.25) is 0 Å². The molecule has 2 rings (SSSR count). The predicted octanol–water partition coefficient (Wildman–Crippen LogP) is 4.75. The molecule has 0 saturated heterocycles. The summed E-state index contributed by atoms with van der Waals surface area (Å²) < 4.78 is 5.93. The number of hydrogen-bond donors (Lipinski definition) is 1. The maximum absolute atomic E-state index is 5.93. The van der Waals surface area contributed by atoms with Gasteiger partial charge in [-0.05, 0) is 63.1 Å². The van der Waals surface area contributed by atoms with Crippen LogP contribution in [0.3, 0.4) is 0 Å². The van der Waals surface area contributed by atoms with Crippen LogP contribution in [0.4, 0.5) is 0 Å². The van der Waals surface area contributed by atoms with Crippen LogP contribution in [0.1, 0.15) is 39.8 Å². The summed E-state index contributed by atoms with van der Waals surface area (Å²) in [5, 5.41) is 3.45. The number of rotatable bonds is 7. The van der Waals surface area contributed by atoms with E-state index in [4.69, 9.17) is 4.74 Å². The van der Waals surface area contributed by atoms with Crippen LogP contribution in [0.25, 0.3) is 0 Å². The molecule has 1 heterocycles. The van der Waals surface area contributed by atoms with Crippen molar-refractivity contribution >= 4 is 11.3 Å². The molecule has 0 radical (unpaired) electrons. The van der Waals surface area contributed by atoms with E-state index in [1.165, 1.54) is 32.9 Å². The Balaban J connectivity index is 1.94. The molecule has 1 aromatic heterocycles. The molecule has 0 spiro atoms. The molecule has 0 aliphatic rings. The number of ether oxygens (including phenoxy) is 1. The second-order valence-electron chi connectivity index (χ2n) is 5.51. The first kappa shape index (κ1) is 16.1. The van der Waals surface area contributed by atoms with Gasteiger partial charge in [-0.25, -0.2) is 0 Å². The summed E-state index contributed by atoms with van der Waals surface area (Å²) in [7, 11) is 0. The van der Waals surface area contributed by atoms with E-state index in [1.807, 2.05) is 17.4 Å². The highest BCUT2D eigenvalue weighted by Crippen LogP contribution is 2.24. The van der Waals surface area contributed by atoms with Crippen molar-refractivity contribution in [1.29, 1.82) is 0 Å². The predicted molar refractivity (Wildman–Crippen MR) is 91.3 cm³/mol. The monoisotopic (exact) mass is 303 g/mol. The van der Waals surface area contributed by atoms with Crippen molar-refractivity contribution in [3.05, 3.63) is 50.7 Å². The molecule has 1 N–H and O–H groups in total. The fourth-order valence-corrected chi connectivity index (χ4v) is 3.19. The van der Waals surface area contributed by atoms with Crippen LogP contribution in [0.15, 0.2) is 24.3 Å². The minimum absolute atomic E-state index is 0.651. The normalized spacial score (nSPS) is 10.9. The highest BCUT2D eigenvalue weighted by molar-refractivity contribution is 7.12. The molecule has 114 valence electrons. The summed E-state index contributed by atoms with van der Waals surface area (Å²) in [6, 6.07) is 8.55. The van der Waals surface area contributed by atoms with E-state index in [0.717, 1.165) is 18.8 Å². The molecule has 0 saturated carbocycles. The SMILES string of the molecule is CCCNCc1cc(COc2ccc(C)c(C)c2)c(C)s1. The van der Waals surface area contributed by atoms with Gasteiger partial charge in [0.25, 0.3) is 0 Å². The van der Waals surface area contributed by atoms with Gasteiger partial charge in [0.1, 0.15) is 12.4 Å². The highest BCUT2D eigenvalue weighted by Gasteiger charge is 2.06. The molecule has 21 heavy (non-hydrogen) atoms. The fraction of sp³-hybridized carbons (Fsp3) is 0.444. The van der Waals surface area contributed by atoms with E-state index in [9.17, 15) is 0 Å². The largest absolute Gasteiger partial charge is 0.489 e. The quantitative estimate of drug-likeness (QED) is 0.745. The molecular weight excluding hydrogens is 278 g/mol. The number of nitrogens with one attached hydrogen (secondary N) is 1. The summed E-state index contributed by atoms with van der Waals surface area (Å²) in [5.41, 5.74) is 3.88. The first-order valence-electron chi connectivity index (χ1n) is 7.59. The van der Waals surface area contributed by atoms with Crippen LogP contribution in [0, 0.1) is 20.8 Å². The van der Waals surface area contributed by atoms with Gasteiger partial charge in [0.15, 0.2) is 0 Å². The van der Waals surface area contributed by atoms with Crippen molar-refractivity contribution in [3.63, 3.8) is 0 Å². The van der Waals surface area contributed by atoms with E-state index in [1.54, 1.807) is 0 Å². The number of hydrogen-bond acceptors (Lipinski definition) is 3. The van der Waals surface area contributed by atoms with E-state index in [-0.39, 0.29) is 0 Å². The maximum atomic E-state index is 5.93. The molecule has 0 amide bonds. The van der Waals surface area contributed by atoms with E-state index in [0.29, 0.717) is 6.61 Å². The Labute approximate surface area is 132 Å². The van der Waals surface area contributed by atoms with E-state index >= 15 is 0 Å². The van der Waals surface area contributed by atoms with Crippen molar-refractivity contribution in [3.8, 4) is 5.75 Å². The van der Waals surface area contributed by atoms with Gasteiger partial charge in [-0.15, -0.1) is 11.3 Å². The molecule has 0 atom stereocenters. The molecule has 0 unspecified atom stereocenters. The lowest BCUT2D eigenvalue weighted by atomic mass is 10.1. The third-order valence-electron chi connectivity index (χ3n) is 3.67. The van der Waals surface area contributed by atoms with Gasteiger partial charge in [-0.2, -0.15) is 0 Å². The number of aryl methyl sites for hydroxylation is 3. The number of benzene rings is 1. The number of thiophene rings is 1. The first-order valence-corrected chi connectivity index (χ1v) is 8.40. The molecule has 0 fully saturated rings. The Bertz CT molecular complexity index is 589. The molecule has 1 aromatic carbocycles. The topological polar surface area (TPSA) is 21.3 Å². The van der Waals surface area contributed by atoms with E-state index in [2.05, 4.69) is 51.2 Å². The molecule has 2 aromatic rings. The van der Waals surface area contributed by atoms with Gasteiger partial charge < -0.3 is 10.1 Å². The van der Waals surface area contributed by atoms with Crippen molar-refractivity contribution in [2.45, 2.75) is 47.3 Å². The fourth-order valence-electron chi connectivity index (χ4n) is 2.17. The average Bonchev–Trinajstić information content (AvgIpc) is 2.81. The average molecular weight is 303 g/mol. The Hall–Kier alpha value is -1.32. The van der Waals surface area contributed by atoms with Gasteiger partial charge in [0.2, 0.25) is 0 Å². The molecule has 0 aliphatic heterocycles. The minimum Gasteiger partial charge on any atom is -0.489 e. The van der Waals surface area contributed by atoms with Crippen molar-refractivity contribution in [2.75, 3.05) is 6.54 Å². The summed E-state index contributed by atoms with van der Waals surface area (Å²) in [6.07, 6.45) is 1.17. The van der Waals surface area contributed by atoms with Gasteiger partial charge >= 0.3 is 0 Å². The highest BCUT2D eigenvalue weighted by atomic mass is 32.1. The van der Waals surface area contributed by atoms with Crippen molar-refractivity contribution in [2.24, 2.45) is 0 Å². The second-order valence-corrected chi connectivity index (χ2v) is 6.85. The molecular formula is C18H25NOS. The van der Waals surface area contributed by atoms with Crippen molar-refractivity contribution < 1.29 is 4.74 Å². The third-order valence-corrected chi connectivity index (χ3v) is 4.76. The van der Waals surface area contributed by atoms with Crippen molar-refractivity contribution in [1.82, 2.24) is 5.32 Å². The smallest absolute Gasteiger partial charge is 0.120 e. The molecule has 3 heteroatoms. The van der Waals surface area contributed by atoms with Crippen LogP contribution in [0.2, 0.25) is 0 Å². The zero-order chi connectivity index (χ0) is 15.2. The van der Waals surface area contributed by atoms with Crippen LogP contribution < -0.4 is 10.1 Å². The summed E-state index contributed by atoms with van der Waals surface area (Å²) in [6.45, 7) is 11.3. The lowest BCUT2D eigenvalue weighted by Crippen LogP contribution is -2.12. The van der Waals surface area contributed by atoms with Crippen LogP contribution in [0.5, 0.6) is 5.75 Å². The lowest BCUT2D eigenvalue weighted by Gasteiger charge is -2.08. The third kappa shape index (κ3) is 4.58. The van der Waals surface area contributed by atoms with Crippen LogP contribution in [-0.2, 0) is 13.2 Å². The first-order chi connectivity index (χ1) is 10.1. The Kier molecular flexibility index (Phi) is 5.83. The van der Waals surface area contributed by atoms with Crippen LogP contribution in [-0.4, -0.2) is 6.54 Å². The maximum Gasteiger partial charge on any atom is 0.120 e. The summed E-state index contributed by atoms with van der Waals surface area (Å²) >= 11 is 1.86. The van der Waals surface area contributed by atoms with Gasteiger partial charge in [-0.1, -0.05) is 13.0 Å². The zero-order valence-electron chi connectivity index (χ0n) is 13.5. The molecule has 0 bridgehead atoms. The van der Waals surface area contributed by atoms with Gasteiger partial charge in [0.05, 0.1) is 0 Å². The molecule has 0 aliphatic carbocycles. The van der Waals surface area contributed by atoms with Crippen LogP contribution >= 0.6 is 11.3 Å². The molecule has 2 nitrogen and oxygen atoms in total. The zero-order valence-corrected chi connectivity index (χ0v) is 14.3. The Morgan fingerprint density at radius 1 is 1.10 bits per heavy atom. The Morgan fingerprint density at radius 3 is 2.62 bits per heavy atom. The van der Waals surface area contributed by atoms with E-state index < -0.39 is 0 Å². The Morgan fingerprint density at radius 2 is 1.90 bits per heavy atom. The minimum atomic E-state index is 0.651. The second kappa shape index (κ2) is 7.62. The van der Waals surface area contributed by atoms with Gasteiger partial charge in [0, 0.05) is 21.9 Å². The summed E-state index contributed by atoms with van der Waals surface area (Å²) in [4.78, 5) is 2.74. The lowest BCUT2D eigenvalue weighted by molar-refractivity contribution is 0.305. The summed E-state index contributed by atoms with van der Waals surface area (Å²) in [5.74, 6) is 0.953.